The van der Waals surface area contributed by atoms with E-state index in [2.05, 4.69) is 6.58 Å². The molecular formula is C9H18O4S. The number of aliphatic hydroxyl groups is 2. The maximum Gasteiger partial charge on any atom is 0.140 e. The Balaban J connectivity index is 3.86. The van der Waals surface area contributed by atoms with Crippen molar-refractivity contribution >= 4 is 10.7 Å². The van der Waals surface area contributed by atoms with Crippen LogP contribution in [0.1, 0.15) is 19.8 Å². The summed E-state index contributed by atoms with van der Waals surface area (Å²) in [4.78, 5) is 0. The third-order valence-electron chi connectivity index (χ3n) is 2.15. The van der Waals surface area contributed by atoms with Crippen molar-refractivity contribution < 1.29 is 18.6 Å². The van der Waals surface area contributed by atoms with Gasteiger partial charge in [0.2, 0.25) is 0 Å². The summed E-state index contributed by atoms with van der Waals surface area (Å²) in [5, 5.41) is 18.7. The van der Waals surface area contributed by atoms with Crippen molar-refractivity contribution in [1.29, 1.82) is 0 Å². The minimum Gasteiger partial charge on any atom is -0.393 e. The lowest BCUT2D eigenvalue weighted by Gasteiger charge is -2.19. The summed E-state index contributed by atoms with van der Waals surface area (Å²) in [5.74, 6) is -0.136. The van der Waals surface area contributed by atoms with Gasteiger partial charge in [0.15, 0.2) is 0 Å². The molecule has 14 heavy (non-hydrogen) atoms. The van der Waals surface area contributed by atoms with Crippen LogP contribution in [0.15, 0.2) is 12.7 Å². The van der Waals surface area contributed by atoms with Gasteiger partial charge in [-0.25, -0.2) is 8.42 Å². The Bertz CT molecular complexity index is 229. The number of thiol groups is 1. The van der Waals surface area contributed by atoms with Crippen molar-refractivity contribution in [2.45, 2.75) is 32.0 Å². The molecule has 0 bridgehead atoms. The highest BCUT2D eigenvalue weighted by Gasteiger charge is 2.16. The molecule has 0 heterocycles. The molecule has 3 unspecified atom stereocenters. The molecule has 0 radical (unpaired) electrons. The fourth-order valence-corrected chi connectivity index (χ4v) is 1.63. The SMILES string of the molecule is C=CC(O)CC(C)C(O)CC[SH](=O)=O. The first-order valence-corrected chi connectivity index (χ1v) is 5.94. The van der Waals surface area contributed by atoms with Crippen molar-refractivity contribution in [3.05, 3.63) is 12.7 Å². The highest BCUT2D eigenvalue weighted by atomic mass is 32.2. The molecule has 0 fully saturated rings. The molecule has 0 aliphatic heterocycles. The van der Waals surface area contributed by atoms with Crippen LogP contribution >= 0.6 is 0 Å². The topological polar surface area (TPSA) is 74.6 Å². The molecule has 0 saturated carbocycles. The van der Waals surface area contributed by atoms with Crippen molar-refractivity contribution in [3.8, 4) is 0 Å². The van der Waals surface area contributed by atoms with Gasteiger partial charge in [-0.15, -0.1) is 6.58 Å². The van der Waals surface area contributed by atoms with Crippen LogP contribution in [0, 0.1) is 5.92 Å². The molecule has 0 aromatic rings. The number of rotatable bonds is 7. The van der Waals surface area contributed by atoms with Gasteiger partial charge in [0.25, 0.3) is 0 Å². The predicted molar refractivity (Wildman–Crippen MR) is 55.8 cm³/mol. The minimum atomic E-state index is -2.42. The highest BCUT2D eigenvalue weighted by Crippen LogP contribution is 2.14. The number of hydrogen-bond acceptors (Lipinski definition) is 4. The molecule has 2 N–H and O–H groups in total. The second kappa shape index (κ2) is 6.98. The van der Waals surface area contributed by atoms with Gasteiger partial charge in [-0.05, 0) is 18.8 Å². The Morgan fingerprint density at radius 2 is 2.00 bits per heavy atom. The Labute approximate surface area is 86.2 Å². The van der Waals surface area contributed by atoms with Crippen LogP contribution in [-0.2, 0) is 10.7 Å². The van der Waals surface area contributed by atoms with Crippen LogP contribution in [0.5, 0.6) is 0 Å². The van der Waals surface area contributed by atoms with Crippen LogP contribution in [0.4, 0.5) is 0 Å². The van der Waals surface area contributed by atoms with E-state index in [1.807, 2.05) is 0 Å². The van der Waals surface area contributed by atoms with Crippen molar-refractivity contribution in [2.24, 2.45) is 5.92 Å². The Kier molecular flexibility index (Phi) is 6.78. The van der Waals surface area contributed by atoms with Gasteiger partial charge in [0.05, 0.1) is 18.0 Å². The van der Waals surface area contributed by atoms with E-state index in [9.17, 15) is 18.6 Å². The van der Waals surface area contributed by atoms with E-state index in [4.69, 9.17) is 0 Å². The first-order valence-electron chi connectivity index (χ1n) is 4.57. The van der Waals surface area contributed by atoms with Crippen molar-refractivity contribution in [1.82, 2.24) is 0 Å². The zero-order valence-corrected chi connectivity index (χ0v) is 9.19. The van der Waals surface area contributed by atoms with Gasteiger partial charge >= 0.3 is 0 Å². The fraction of sp³-hybridized carbons (Fsp3) is 0.778. The van der Waals surface area contributed by atoms with Gasteiger partial charge in [-0.2, -0.15) is 0 Å². The summed E-state index contributed by atoms with van der Waals surface area (Å²) < 4.78 is 20.5. The van der Waals surface area contributed by atoms with E-state index in [1.165, 1.54) is 6.08 Å². The summed E-state index contributed by atoms with van der Waals surface area (Å²) in [6.07, 6.45) is 0.708. The summed E-state index contributed by atoms with van der Waals surface area (Å²) >= 11 is 0. The second-order valence-electron chi connectivity index (χ2n) is 3.43. The monoisotopic (exact) mass is 222 g/mol. The fourth-order valence-electron chi connectivity index (χ4n) is 1.16. The predicted octanol–water partition coefficient (Wildman–Crippen LogP) is -0.0781. The quantitative estimate of drug-likeness (QED) is 0.416. The molecule has 84 valence electrons. The number of aliphatic hydroxyl groups excluding tert-OH is 2. The summed E-state index contributed by atoms with van der Waals surface area (Å²) in [5.41, 5.74) is 0. The van der Waals surface area contributed by atoms with Gasteiger partial charge in [-0.1, -0.05) is 13.0 Å². The molecule has 4 nitrogen and oxygen atoms in total. The van der Waals surface area contributed by atoms with Crippen LogP contribution in [0.3, 0.4) is 0 Å². The van der Waals surface area contributed by atoms with Gasteiger partial charge in [0.1, 0.15) is 10.7 Å². The normalized spacial score (nSPS) is 17.7. The van der Waals surface area contributed by atoms with Crippen molar-refractivity contribution in [3.63, 3.8) is 0 Å². The standard InChI is InChI=1S/C9H18O4S/c1-3-8(10)6-7(2)9(11)4-5-14(12)13/h3,7-11,14H,1,4-6H2,2H3. The molecule has 0 aromatic heterocycles. The maximum absolute atomic E-state index is 10.3. The Morgan fingerprint density at radius 1 is 1.43 bits per heavy atom. The van der Waals surface area contributed by atoms with Gasteiger partial charge in [-0.3, -0.25) is 0 Å². The van der Waals surface area contributed by atoms with Gasteiger partial charge in [0, 0.05) is 0 Å². The summed E-state index contributed by atoms with van der Waals surface area (Å²) in [7, 11) is -2.42. The third kappa shape index (κ3) is 6.12. The molecule has 0 aromatic carbocycles. The van der Waals surface area contributed by atoms with Crippen LogP contribution in [0.2, 0.25) is 0 Å². The highest BCUT2D eigenvalue weighted by molar-refractivity contribution is 7.72. The molecule has 0 saturated heterocycles. The van der Waals surface area contributed by atoms with Crippen LogP contribution < -0.4 is 0 Å². The first-order chi connectivity index (χ1) is 6.47. The Morgan fingerprint density at radius 3 is 2.43 bits per heavy atom. The second-order valence-corrected chi connectivity index (χ2v) is 4.54. The van der Waals surface area contributed by atoms with E-state index >= 15 is 0 Å². The zero-order valence-electron chi connectivity index (χ0n) is 8.30. The largest absolute Gasteiger partial charge is 0.393 e. The first kappa shape index (κ1) is 13.6. The van der Waals surface area contributed by atoms with E-state index in [1.54, 1.807) is 6.92 Å². The molecule has 0 aliphatic carbocycles. The summed E-state index contributed by atoms with van der Waals surface area (Å²) in [6.45, 7) is 5.19. The maximum atomic E-state index is 10.3. The lowest BCUT2D eigenvalue weighted by molar-refractivity contribution is 0.0817. The third-order valence-corrected chi connectivity index (χ3v) is 2.77. The molecule has 0 spiro atoms. The van der Waals surface area contributed by atoms with Gasteiger partial charge < -0.3 is 10.2 Å². The lowest BCUT2D eigenvalue weighted by atomic mass is 9.96. The van der Waals surface area contributed by atoms with E-state index < -0.39 is 22.9 Å². The zero-order chi connectivity index (χ0) is 11.1. The smallest absolute Gasteiger partial charge is 0.140 e. The molecular weight excluding hydrogens is 204 g/mol. The average Bonchev–Trinajstić information content (AvgIpc) is 2.13. The number of hydrogen-bond donors (Lipinski definition) is 3. The summed E-state index contributed by atoms with van der Waals surface area (Å²) in [6, 6.07) is 0. The molecule has 3 atom stereocenters. The molecule has 0 aliphatic rings. The minimum absolute atomic E-state index is 0.00890. The molecule has 5 heteroatoms. The Hall–Kier alpha value is -0.390. The lowest BCUT2D eigenvalue weighted by Crippen LogP contribution is -2.23. The van der Waals surface area contributed by atoms with Crippen LogP contribution in [-0.4, -0.2) is 36.6 Å². The van der Waals surface area contributed by atoms with E-state index in [0.717, 1.165) is 0 Å². The van der Waals surface area contributed by atoms with E-state index in [-0.39, 0.29) is 18.1 Å². The molecule has 0 rings (SSSR count). The van der Waals surface area contributed by atoms with Crippen molar-refractivity contribution in [2.75, 3.05) is 5.75 Å². The average molecular weight is 222 g/mol. The van der Waals surface area contributed by atoms with E-state index in [0.29, 0.717) is 6.42 Å². The molecule has 0 amide bonds. The van der Waals surface area contributed by atoms with Crippen LogP contribution in [0.25, 0.3) is 0 Å².